The third-order valence-corrected chi connectivity index (χ3v) is 4.72. The Morgan fingerprint density at radius 2 is 1.85 bits per heavy atom. The van der Waals surface area contributed by atoms with Gasteiger partial charge in [-0.25, -0.2) is 0 Å². The van der Waals surface area contributed by atoms with Crippen LogP contribution in [-0.2, 0) is 20.9 Å². The number of carbonyl (C=O) groups is 2. The molecule has 2 aromatic carbocycles. The van der Waals surface area contributed by atoms with Crippen LogP contribution in [0.2, 0.25) is 5.02 Å². The molecule has 1 amide bonds. The van der Waals surface area contributed by atoms with E-state index in [1.165, 1.54) is 7.11 Å². The van der Waals surface area contributed by atoms with Gasteiger partial charge >= 0.3 is 5.97 Å². The van der Waals surface area contributed by atoms with Gasteiger partial charge in [-0.3, -0.25) is 9.59 Å². The van der Waals surface area contributed by atoms with Crippen LogP contribution >= 0.6 is 11.6 Å². The summed E-state index contributed by atoms with van der Waals surface area (Å²) < 4.78 is 15.9. The number of rotatable bonds is 6. The van der Waals surface area contributed by atoms with Crippen LogP contribution in [0.15, 0.2) is 42.5 Å². The van der Waals surface area contributed by atoms with Crippen molar-refractivity contribution in [1.29, 1.82) is 0 Å². The van der Waals surface area contributed by atoms with Crippen molar-refractivity contribution in [1.82, 2.24) is 5.32 Å². The van der Waals surface area contributed by atoms with Crippen LogP contribution in [0.4, 0.5) is 0 Å². The van der Waals surface area contributed by atoms with Gasteiger partial charge in [0.2, 0.25) is 5.91 Å². The molecular weight excluding hydrogens is 370 g/mol. The van der Waals surface area contributed by atoms with E-state index in [4.69, 9.17) is 25.8 Å². The third-order valence-electron chi connectivity index (χ3n) is 4.46. The molecule has 1 aliphatic heterocycles. The maximum atomic E-state index is 12.7. The van der Waals surface area contributed by atoms with Crippen molar-refractivity contribution in [2.24, 2.45) is 5.92 Å². The SMILES string of the molecule is COc1ccc([C@@H]2OC(=O)C[C@H]2C(=O)NCc2ccc(Cl)cc2)cc1OC. The molecule has 1 heterocycles. The third kappa shape index (κ3) is 4.34. The molecule has 0 radical (unpaired) electrons. The predicted octanol–water partition coefficient (Wildman–Crippen LogP) is 3.28. The number of methoxy groups -OCH3 is 2. The highest BCUT2D eigenvalue weighted by Crippen LogP contribution is 2.39. The summed E-state index contributed by atoms with van der Waals surface area (Å²) in [5, 5.41) is 3.49. The van der Waals surface area contributed by atoms with E-state index in [2.05, 4.69) is 5.32 Å². The van der Waals surface area contributed by atoms with Crippen molar-refractivity contribution in [2.45, 2.75) is 19.1 Å². The van der Waals surface area contributed by atoms with E-state index in [0.717, 1.165) is 5.56 Å². The monoisotopic (exact) mass is 389 g/mol. The van der Waals surface area contributed by atoms with Gasteiger partial charge in [-0.1, -0.05) is 29.8 Å². The lowest BCUT2D eigenvalue weighted by molar-refractivity contribution is -0.141. The molecule has 0 saturated carbocycles. The minimum atomic E-state index is -0.664. The Kier molecular flexibility index (Phi) is 5.86. The molecule has 6 nitrogen and oxygen atoms in total. The molecule has 0 aromatic heterocycles. The predicted molar refractivity (Wildman–Crippen MR) is 99.8 cm³/mol. The van der Waals surface area contributed by atoms with Crippen molar-refractivity contribution >= 4 is 23.5 Å². The first-order chi connectivity index (χ1) is 13.0. The van der Waals surface area contributed by atoms with Crippen molar-refractivity contribution < 1.29 is 23.8 Å². The minimum Gasteiger partial charge on any atom is -0.493 e. The van der Waals surface area contributed by atoms with E-state index in [1.54, 1.807) is 37.4 Å². The first-order valence-electron chi connectivity index (χ1n) is 8.45. The first-order valence-corrected chi connectivity index (χ1v) is 8.83. The summed E-state index contributed by atoms with van der Waals surface area (Å²) in [7, 11) is 3.07. The standard InChI is InChI=1S/C20H20ClNO5/c1-25-16-8-5-13(9-17(16)26-2)19-15(10-18(23)27-19)20(24)22-11-12-3-6-14(21)7-4-12/h3-9,15,19H,10-11H2,1-2H3,(H,22,24)/t15-,19+/m1/s1. The zero-order valence-corrected chi connectivity index (χ0v) is 15.8. The summed E-state index contributed by atoms with van der Waals surface area (Å²) in [6.45, 7) is 0.347. The lowest BCUT2D eigenvalue weighted by Gasteiger charge is -2.19. The van der Waals surface area contributed by atoms with Crippen molar-refractivity contribution in [3.05, 3.63) is 58.6 Å². The number of esters is 1. The van der Waals surface area contributed by atoms with Gasteiger partial charge < -0.3 is 19.5 Å². The van der Waals surface area contributed by atoms with E-state index >= 15 is 0 Å². The number of halogens is 1. The van der Waals surface area contributed by atoms with E-state index in [1.807, 2.05) is 12.1 Å². The number of hydrogen-bond acceptors (Lipinski definition) is 5. The summed E-state index contributed by atoms with van der Waals surface area (Å²) in [6, 6.07) is 12.4. The zero-order chi connectivity index (χ0) is 19.4. The Morgan fingerprint density at radius 3 is 2.52 bits per heavy atom. The van der Waals surface area contributed by atoms with Gasteiger partial charge in [0.1, 0.15) is 6.10 Å². The highest BCUT2D eigenvalue weighted by atomic mass is 35.5. The fourth-order valence-corrected chi connectivity index (χ4v) is 3.17. The first kappa shape index (κ1) is 19.0. The van der Waals surface area contributed by atoms with Gasteiger partial charge in [-0.15, -0.1) is 0 Å². The Balaban J connectivity index is 1.74. The molecule has 3 rings (SSSR count). The fourth-order valence-electron chi connectivity index (χ4n) is 3.04. The summed E-state index contributed by atoms with van der Waals surface area (Å²) >= 11 is 5.87. The minimum absolute atomic E-state index is 0.0332. The van der Waals surface area contributed by atoms with Crippen LogP contribution in [0.1, 0.15) is 23.7 Å². The number of amides is 1. The molecule has 0 aliphatic carbocycles. The second-order valence-corrected chi connectivity index (χ2v) is 6.62. The molecule has 142 valence electrons. The van der Waals surface area contributed by atoms with Crippen LogP contribution in [0.25, 0.3) is 0 Å². The Bertz CT molecular complexity index is 837. The van der Waals surface area contributed by atoms with Crippen LogP contribution in [-0.4, -0.2) is 26.1 Å². The highest BCUT2D eigenvalue weighted by molar-refractivity contribution is 6.30. The molecule has 1 saturated heterocycles. The summed E-state index contributed by atoms with van der Waals surface area (Å²) in [5.41, 5.74) is 1.60. The molecule has 1 N–H and O–H groups in total. The van der Waals surface area contributed by atoms with Gasteiger partial charge in [-0.05, 0) is 35.4 Å². The molecule has 2 atom stereocenters. The Labute approximate surface area is 162 Å². The van der Waals surface area contributed by atoms with E-state index in [0.29, 0.717) is 28.6 Å². The van der Waals surface area contributed by atoms with Gasteiger partial charge in [0.15, 0.2) is 11.5 Å². The average molecular weight is 390 g/mol. The van der Waals surface area contributed by atoms with E-state index in [9.17, 15) is 9.59 Å². The number of cyclic esters (lactones) is 1. The van der Waals surface area contributed by atoms with Crippen LogP contribution in [0.3, 0.4) is 0 Å². The molecule has 7 heteroatoms. The second-order valence-electron chi connectivity index (χ2n) is 6.18. The van der Waals surface area contributed by atoms with Gasteiger partial charge in [-0.2, -0.15) is 0 Å². The van der Waals surface area contributed by atoms with Gasteiger partial charge in [0, 0.05) is 11.6 Å². The molecule has 0 unspecified atom stereocenters. The molecule has 1 fully saturated rings. The van der Waals surface area contributed by atoms with E-state index < -0.39 is 18.0 Å². The Morgan fingerprint density at radius 1 is 1.15 bits per heavy atom. The van der Waals surface area contributed by atoms with Crippen LogP contribution in [0.5, 0.6) is 11.5 Å². The van der Waals surface area contributed by atoms with Gasteiger partial charge in [0.25, 0.3) is 0 Å². The number of hydrogen-bond donors (Lipinski definition) is 1. The van der Waals surface area contributed by atoms with Crippen LogP contribution in [0, 0.1) is 5.92 Å². The maximum Gasteiger partial charge on any atom is 0.307 e. The van der Waals surface area contributed by atoms with E-state index in [-0.39, 0.29) is 12.3 Å². The highest BCUT2D eigenvalue weighted by Gasteiger charge is 2.41. The van der Waals surface area contributed by atoms with Crippen molar-refractivity contribution in [2.75, 3.05) is 14.2 Å². The lowest BCUT2D eigenvalue weighted by atomic mass is 9.94. The number of carbonyl (C=O) groups excluding carboxylic acids is 2. The fraction of sp³-hybridized carbons (Fsp3) is 0.300. The van der Waals surface area contributed by atoms with Gasteiger partial charge in [0.05, 0.1) is 26.6 Å². The number of ether oxygens (including phenoxy) is 3. The van der Waals surface area contributed by atoms with Crippen molar-refractivity contribution in [3.63, 3.8) is 0 Å². The molecule has 0 spiro atoms. The molecule has 2 aromatic rings. The smallest absolute Gasteiger partial charge is 0.307 e. The maximum absolute atomic E-state index is 12.7. The molecular formula is C20H20ClNO5. The number of benzene rings is 2. The molecule has 1 aliphatic rings. The quantitative estimate of drug-likeness (QED) is 0.767. The average Bonchev–Trinajstić information content (AvgIpc) is 3.08. The summed E-state index contributed by atoms with van der Waals surface area (Å²) in [5.74, 6) is -0.174. The lowest BCUT2D eigenvalue weighted by Crippen LogP contribution is -2.32. The summed E-state index contributed by atoms with van der Waals surface area (Å²) in [4.78, 5) is 24.5. The largest absolute Gasteiger partial charge is 0.493 e. The van der Waals surface area contributed by atoms with Crippen molar-refractivity contribution in [3.8, 4) is 11.5 Å². The molecule has 27 heavy (non-hydrogen) atoms. The summed E-state index contributed by atoms with van der Waals surface area (Å²) in [6.07, 6.45) is -0.631. The zero-order valence-electron chi connectivity index (χ0n) is 15.0. The Hall–Kier alpha value is -2.73. The number of nitrogens with one attached hydrogen (secondary N) is 1. The topological polar surface area (TPSA) is 73.9 Å². The second kappa shape index (κ2) is 8.31. The normalized spacial score (nSPS) is 18.7. The van der Waals surface area contributed by atoms with Crippen LogP contribution < -0.4 is 14.8 Å². The molecule has 0 bridgehead atoms.